The van der Waals surface area contributed by atoms with E-state index in [2.05, 4.69) is 10.5 Å². The van der Waals surface area contributed by atoms with Gasteiger partial charge in [0.05, 0.1) is 18.2 Å². The maximum absolute atomic E-state index is 14.1. The minimum atomic E-state index is -1.74. The first-order chi connectivity index (χ1) is 12.5. The van der Waals surface area contributed by atoms with Crippen LogP contribution in [0.15, 0.2) is 41.1 Å². The van der Waals surface area contributed by atoms with Gasteiger partial charge in [-0.3, -0.25) is 9.59 Å². The number of rotatable bonds is 4. The highest BCUT2D eigenvalue weighted by Crippen LogP contribution is 2.40. The molecular formula is C19H20FN3O3. The summed E-state index contributed by atoms with van der Waals surface area (Å²) in [6.07, 6.45) is 2.79. The van der Waals surface area contributed by atoms with Gasteiger partial charge in [0.15, 0.2) is 5.67 Å². The third-order valence-corrected chi connectivity index (χ3v) is 5.06. The lowest BCUT2D eigenvalue weighted by atomic mass is 9.99. The number of hydrogen-bond donors (Lipinski definition) is 1. The smallest absolute Gasteiger partial charge is 0.258 e. The highest BCUT2D eigenvalue weighted by Gasteiger charge is 2.51. The molecule has 4 rings (SSSR count). The van der Waals surface area contributed by atoms with Gasteiger partial charge in [0.25, 0.3) is 5.91 Å². The third-order valence-electron chi connectivity index (χ3n) is 5.06. The topological polar surface area (TPSA) is 75.4 Å². The van der Waals surface area contributed by atoms with Gasteiger partial charge in [-0.05, 0) is 30.4 Å². The molecule has 7 heteroatoms. The first-order valence-electron chi connectivity index (χ1n) is 8.80. The summed E-state index contributed by atoms with van der Waals surface area (Å²) in [5.74, 6) is -0.671. The summed E-state index contributed by atoms with van der Waals surface area (Å²) < 4.78 is 18.9. The summed E-state index contributed by atoms with van der Waals surface area (Å²) in [6.45, 7) is 0.857. The number of carbonyl (C=O) groups excluding carboxylic acids is 2. The quantitative estimate of drug-likeness (QED) is 0.908. The molecule has 1 aliphatic carbocycles. The predicted octanol–water partition coefficient (Wildman–Crippen LogP) is 1.96. The Labute approximate surface area is 150 Å². The molecule has 1 unspecified atom stereocenters. The molecule has 1 atom stereocenters. The van der Waals surface area contributed by atoms with Gasteiger partial charge in [-0.25, -0.2) is 4.39 Å². The molecule has 1 fully saturated rings. The molecule has 0 spiro atoms. The fourth-order valence-corrected chi connectivity index (χ4v) is 3.34. The molecule has 2 heterocycles. The van der Waals surface area contributed by atoms with Crippen LogP contribution in [0.2, 0.25) is 0 Å². The first-order valence-corrected chi connectivity index (χ1v) is 8.80. The maximum Gasteiger partial charge on any atom is 0.258 e. The molecule has 2 amide bonds. The van der Waals surface area contributed by atoms with Gasteiger partial charge in [0.1, 0.15) is 6.26 Å². The van der Waals surface area contributed by atoms with E-state index in [-0.39, 0.29) is 25.2 Å². The monoisotopic (exact) mass is 357 g/mol. The number of carbonyl (C=O) groups is 2. The van der Waals surface area contributed by atoms with Crippen LogP contribution in [0.25, 0.3) is 0 Å². The van der Waals surface area contributed by atoms with E-state index >= 15 is 0 Å². The average molecular weight is 357 g/mol. The molecule has 26 heavy (non-hydrogen) atoms. The highest BCUT2D eigenvalue weighted by molar-refractivity contribution is 5.88. The molecule has 2 aliphatic rings. The van der Waals surface area contributed by atoms with Crippen molar-refractivity contribution in [3.8, 4) is 0 Å². The van der Waals surface area contributed by atoms with Crippen molar-refractivity contribution in [1.82, 2.24) is 15.4 Å². The van der Waals surface area contributed by atoms with Gasteiger partial charge in [-0.2, -0.15) is 0 Å². The molecule has 0 bridgehead atoms. The number of amides is 2. The number of halogens is 1. The molecule has 136 valence electrons. The van der Waals surface area contributed by atoms with Crippen LogP contribution >= 0.6 is 0 Å². The lowest BCUT2D eigenvalue weighted by Crippen LogP contribution is -2.43. The van der Waals surface area contributed by atoms with Crippen LogP contribution < -0.4 is 5.32 Å². The zero-order valence-electron chi connectivity index (χ0n) is 14.3. The van der Waals surface area contributed by atoms with E-state index in [0.717, 1.165) is 11.1 Å². The van der Waals surface area contributed by atoms with Crippen molar-refractivity contribution in [2.75, 3.05) is 13.1 Å². The summed E-state index contributed by atoms with van der Waals surface area (Å²) in [4.78, 5) is 26.6. The normalized spacial score (nSPS) is 20.8. The molecule has 2 aromatic rings. The van der Waals surface area contributed by atoms with E-state index in [1.807, 2.05) is 24.3 Å². The summed E-state index contributed by atoms with van der Waals surface area (Å²) in [7, 11) is 0. The number of nitrogens with one attached hydrogen (secondary N) is 1. The average Bonchev–Trinajstić information content (AvgIpc) is 3.24. The van der Waals surface area contributed by atoms with Crippen LogP contribution in [0.3, 0.4) is 0 Å². The standard InChI is InChI=1S/C19H20FN3O3/c20-19(7-8-19)18(25)21-16-12-23(17(24)11-14-6-10-26-22-14)9-5-13-3-1-2-4-15(13)16/h1-4,6,10,16H,5,7-9,11-12H2,(H,21,25). The molecule has 1 N–H and O–H groups in total. The molecule has 1 saturated carbocycles. The number of alkyl halides is 1. The van der Waals surface area contributed by atoms with Crippen molar-refractivity contribution in [3.05, 3.63) is 53.4 Å². The van der Waals surface area contributed by atoms with E-state index in [4.69, 9.17) is 4.52 Å². The Bertz CT molecular complexity index is 817. The van der Waals surface area contributed by atoms with E-state index in [9.17, 15) is 14.0 Å². The predicted molar refractivity (Wildman–Crippen MR) is 90.9 cm³/mol. The lowest BCUT2D eigenvalue weighted by molar-refractivity contribution is -0.132. The van der Waals surface area contributed by atoms with Crippen LogP contribution in [-0.2, 0) is 22.4 Å². The van der Waals surface area contributed by atoms with Crippen molar-refractivity contribution in [1.29, 1.82) is 0 Å². The maximum atomic E-state index is 14.1. The van der Waals surface area contributed by atoms with E-state index in [1.165, 1.54) is 6.26 Å². The fourth-order valence-electron chi connectivity index (χ4n) is 3.34. The molecule has 1 aromatic carbocycles. The summed E-state index contributed by atoms with van der Waals surface area (Å²) >= 11 is 0. The van der Waals surface area contributed by atoms with Gasteiger partial charge >= 0.3 is 0 Å². The number of hydrogen-bond acceptors (Lipinski definition) is 4. The fraction of sp³-hybridized carbons (Fsp3) is 0.421. The largest absolute Gasteiger partial charge is 0.364 e. The van der Waals surface area contributed by atoms with Crippen LogP contribution in [0.5, 0.6) is 0 Å². The van der Waals surface area contributed by atoms with E-state index in [1.54, 1.807) is 11.0 Å². The highest BCUT2D eigenvalue weighted by atomic mass is 19.1. The minimum absolute atomic E-state index is 0.0904. The molecule has 0 saturated heterocycles. The van der Waals surface area contributed by atoms with Crippen molar-refractivity contribution in [2.24, 2.45) is 0 Å². The van der Waals surface area contributed by atoms with Crippen molar-refractivity contribution in [3.63, 3.8) is 0 Å². The van der Waals surface area contributed by atoms with Crippen LogP contribution in [0.1, 0.15) is 35.7 Å². The second-order valence-corrected chi connectivity index (χ2v) is 6.95. The van der Waals surface area contributed by atoms with Crippen LogP contribution in [0.4, 0.5) is 4.39 Å². The van der Waals surface area contributed by atoms with Crippen molar-refractivity contribution >= 4 is 11.8 Å². The molecule has 1 aromatic heterocycles. The Kier molecular flexibility index (Phi) is 4.22. The second-order valence-electron chi connectivity index (χ2n) is 6.95. The van der Waals surface area contributed by atoms with Crippen LogP contribution in [-0.4, -0.2) is 40.6 Å². The Balaban J connectivity index is 1.54. The molecule has 1 aliphatic heterocycles. The van der Waals surface area contributed by atoms with Gasteiger partial charge < -0.3 is 14.7 Å². The number of fused-ring (bicyclic) bond motifs is 1. The van der Waals surface area contributed by atoms with Gasteiger partial charge in [-0.1, -0.05) is 29.4 Å². The van der Waals surface area contributed by atoms with Crippen molar-refractivity contribution < 1.29 is 18.5 Å². The third kappa shape index (κ3) is 3.34. The van der Waals surface area contributed by atoms with Gasteiger partial charge in [-0.15, -0.1) is 0 Å². The zero-order valence-corrected chi connectivity index (χ0v) is 14.3. The van der Waals surface area contributed by atoms with Gasteiger partial charge in [0, 0.05) is 19.2 Å². The van der Waals surface area contributed by atoms with E-state index < -0.39 is 17.6 Å². The Morgan fingerprint density at radius 3 is 2.85 bits per heavy atom. The summed E-state index contributed by atoms with van der Waals surface area (Å²) in [5.41, 5.74) is 0.842. The minimum Gasteiger partial charge on any atom is -0.364 e. The van der Waals surface area contributed by atoms with Crippen LogP contribution in [0, 0.1) is 0 Å². The van der Waals surface area contributed by atoms with Gasteiger partial charge in [0.2, 0.25) is 5.91 Å². The first kappa shape index (κ1) is 16.8. The number of nitrogens with zero attached hydrogens (tertiary/aromatic N) is 2. The van der Waals surface area contributed by atoms with Crippen molar-refractivity contribution in [2.45, 2.75) is 37.4 Å². The zero-order chi connectivity index (χ0) is 18.1. The second kappa shape index (κ2) is 6.55. The molecular weight excluding hydrogens is 337 g/mol. The number of aromatic nitrogens is 1. The Hall–Kier alpha value is -2.70. The summed E-state index contributed by atoms with van der Waals surface area (Å²) in [5, 5.41) is 6.60. The summed E-state index contributed by atoms with van der Waals surface area (Å²) in [6, 6.07) is 8.99. The number of benzene rings is 1. The Morgan fingerprint density at radius 1 is 1.31 bits per heavy atom. The Morgan fingerprint density at radius 2 is 2.12 bits per heavy atom. The molecule has 6 nitrogen and oxygen atoms in total. The molecule has 0 radical (unpaired) electrons. The SMILES string of the molecule is O=C(Cc1ccon1)N1CCc2ccccc2C(NC(=O)C2(F)CC2)C1. The van der Waals surface area contributed by atoms with E-state index in [0.29, 0.717) is 25.2 Å². The lowest BCUT2D eigenvalue weighted by Gasteiger charge is -2.26.